The van der Waals surface area contributed by atoms with E-state index in [-0.39, 0.29) is 0 Å². The SMILES string of the molecule is O=C(O)c1ccc2c(c1)CCN2Cc1c(Cl)cccc1Cl. The van der Waals surface area contributed by atoms with E-state index in [9.17, 15) is 4.79 Å². The number of aromatic carboxylic acids is 1. The van der Waals surface area contributed by atoms with Gasteiger partial charge in [0.05, 0.1) is 5.56 Å². The molecule has 0 fully saturated rings. The van der Waals surface area contributed by atoms with Crippen molar-refractivity contribution in [2.45, 2.75) is 13.0 Å². The number of hydrogen-bond acceptors (Lipinski definition) is 2. The summed E-state index contributed by atoms with van der Waals surface area (Å²) in [4.78, 5) is 13.2. The molecule has 0 saturated heterocycles. The molecule has 3 rings (SSSR count). The Kier molecular flexibility index (Phi) is 3.79. The van der Waals surface area contributed by atoms with Crippen LogP contribution in [0.15, 0.2) is 36.4 Å². The molecule has 1 heterocycles. The van der Waals surface area contributed by atoms with Gasteiger partial charge >= 0.3 is 5.97 Å². The first-order valence-corrected chi connectivity index (χ1v) is 7.36. The molecule has 0 unspecified atom stereocenters. The maximum atomic E-state index is 11.0. The smallest absolute Gasteiger partial charge is 0.335 e. The Balaban J connectivity index is 1.90. The molecule has 21 heavy (non-hydrogen) atoms. The summed E-state index contributed by atoms with van der Waals surface area (Å²) in [6.07, 6.45) is 0.832. The van der Waals surface area contributed by atoms with Gasteiger partial charge in [0.1, 0.15) is 0 Å². The number of rotatable bonds is 3. The first kappa shape index (κ1) is 14.2. The molecular formula is C16H13Cl2NO2. The summed E-state index contributed by atoms with van der Waals surface area (Å²) < 4.78 is 0. The van der Waals surface area contributed by atoms with Gasteiger partial charge in [0, 0.05) is 34.4 Å². The summed E-state index contributed by atoms with van der Waals surface area (Å²) in [5.41, 5.74) is 3.33. The number of anilines is 1. The average Bonchev–Trinajstić information content (AvgIpc) is 2.85. The van der Waals surface area contributed by atoms with Crippen molar-refractivity contribution in [3.8, 4) is 0 Å². The molecule has 1 N–H and O–H groups in total. The van der Waals surface area contributed by atoms with Crippen molar-refractivity contribution >= 4 is 34.9 Å². The predicted molar refractivity (Wildman–Crippen MR) is 84.6 cm³/mol. The summed E-state index contributed by atoms with van der Waals surface area (Å²) in [6.45, 7) is 1.46. The molecule has 2 aromatic rings. The fourth-order valence-corrected chi connectivity index (χ4v) is 3.16. The van der Waals surface area contributed by atoms with E-state index in [1.807, 2.05) is 24.3 Å². The molecule has 0 aliphatic carbocycles. The quantitative estimate of drug-likeness (QED) is 0.918. The van der Waals surface area contributed by atoms with E-state index >= 15 is 0 Å². The topological polar surface area (TPSA) is 40.5 Å². The molecule has 0 saturated carbocycles. The molecule has 3 nitrogen and oxygen atoms in total. The number of hydrogen-bond donors (Lipinski definition) is 1. The van der Waals surface area contributed by atoms with Gasteiger partial charge in [0.2, 0.25) is 0 Å². The van der Waals surface area contributed by atoms with Crippen LogP contribution in [0.4, 0.5) is 5.69 Å². The Bertz CT molecular complexity index is 695. The minimum absolute atomic E-state index is 0.325. The Morgan fingerprint density at radius 1 is 1.19 bits per heavy atom. The van der Waals surface area contributed by atoms with Crippen molar-refractivity contribution in [3.63, 3.8) is 0 Å². The van der Waals surface area contributed by atoms with Crippen LogP contribution in [-0.2, 0) is 13.0 Å². The summed E-state index contributed by atoms with van der Waals surface area (Å²) in [5.74, 6) is -0.898. The molecule has 1 aliphatic heterocycles. The van der Waals surface area contributed by atoms with Crippen LogP contribution in [0.3, 0.4) is 0 Å². The zero-order valence-corrected chi connectivity index (χ0v) is 12.7. The fourth-order valence-electron chi connectivity index (χ4n) is 2.64. The summed E-state index contributed by atoms with van der Waals surface area (Å²) in [6, 6.07) is 10.7. The number of carboxylic acid groups (broad SMARTS) is 1. The van der Waals surface area contributed by atoms with Crippen LogP contribution >= 0.6 is 23.2 Å². The van der Waals surface area contributed by atoms with Gasteiger partial charge in [-0.15, -0.1) is 0 Å². The maximum Gasteiger partial charge on any atom is 0.335 e. The summed E-state index contributed by atoms with van der Waals surface area (Å²) >= 11 is 12.4. The third kappa shape index (κ3) is 2.71. The van der Waals surface area contributed by atoms with E-state index < -0.39 is 5.97 Å². The zero-order chi connectivity index (χ0) is 15.0. The molecule has 0 aromatic heterocycles. The standard InChI is InChI=1S/C16H13Cl2NO2/c17-13-2-1-3-14(18)12(13)9-19-7-6-10-8-11(16(20)21)4-5-15(10)19/h1-5,8H,6-7,9H2,(H,20,21). The van der Waals surface area contributed by atoms with Gasteiger partial charge < -0.3 is 10.0 Å². The first-order valence-electron chi connectivity index (χ1n) is 6.60. The van der Waals surface area contributed by atoms with Gasteiger partial charge in [-0.05, 0) is 42.3 Å². The van der Waals surface area contributed by atoms with Crippen molar-refractivity contribution in [2.75, 3.05) is 11.4 Å². The highest BCUT2D eigenvalue weighted by atomic mass is 35.5. The van der Waals surface area contributed by atoms with Crippen molar-refractivity contribution < 1.29 is 9.90 Å². The summed E-state index contributed by atoms with van der Waals surface area (Å²) in [5, 5.41) is 10.3. The molecule has 0 amide bonds. The van der Waals surface area contributed by atoms with E-state index in [0.29, 0.717) is 22.2 Å². The van der Waals surface area contributed by atoms with Crippen LogP contribution < -0.4 is 4.90 Å². The van der Waals surface area contributed by atoms with Gasteiger partial charge in [-0.25, -0.2) is 4.79 Å². The normalized spacial score (nSPS) is 13.3. The third-order valence-electron chi connectivity index (χ3n) is 3.73. The highest BCUT2D eigenvalue weighted by molar-refractivity contribution is 6.36. The second-order valence-corrected chi connectivity index (χ2v) is 5.83. The zero-order valence-electron chi connectivity index (χ0n) is 11.1. The van der Waals surface area contributed by atoms with Gasteiger partial charge in [-0.3, -0.25) is 0 Å². The number of nitrogens with zero attached hydrogens (tertiary/aromatic N) is 1. The van der Waals surface area contributed by atoms with Crippen molar-refractivity contribution in [3.05, 3.63) is 63.1 Å². The Hall–Kier alpha value is -1.71. The van der Waals surface area contributed by atoms with E-state index in [4.69, 9.17) is 28.3 Å². The van der Waals surface area contributed by atoms with Gasteiger partial charge in [-0.1, -0.05) is 29.3 Å². The Morgan fingerprint density at radius 2 is 1.90 bits per heavy atom. The predicted octanol–water partition coefficient (Wildman–Crippen LogP) is 4.25. The number of carbonyl (C=O) groups is 1. The lowest BCUT2D eigenvalue weighted by Gasteiger charge is -2.21. The lowest BCUT2D eigenvalue weighted by atomic mass is 10.1. The maximum absolute atomic E-state index is 11.0. The van der Waals surface area contributed by atoms with Gasteiger partial charge in [0.15, 0.2) is 0 Å². The van der Waals surface area contributed by atoms with Crippen molar-refractivity contribution in [2.24, 2.45) is 0 Å². The lowest BCUT2D eigenvalue weighted by molar-refractivity contribution is 0.0697. The van der Waals surface area contributed by atoms with E-state index in [0.717, 1.165) is 29.8 Å². The molecule has 0 spiro atoms. The monoisotopic (exact) mass is 321 g/mol. The molecule has 5 heteroatoms. The molecule has 0 bridgehead atoms. The largest absolute Gasteiger partial charge is 0.478 e. The van der Waals surface area contributed by atoms with Gasteiger partial charge in [0.25, 0.3) is 0 Å². The van der Waals surface area contributed by atoms with Crippen LogP contribution in [0.25, 0.3) is 0 Å². The molecular weight excluding hydrogens is 309 g/mol. The van der Waals surface area contributed by atoms with E-state index in [2.05, 4.69) is 4.90 Å². The molecule has 0 radical (unpaired) electrons. The first-order chi connectivity index (χ1) is 10.1. The Labute approximate surface area is 132 Å². The number of halogens is 2. The molecule has 1 aliphatic rings. The van der Waals surface area contributed by atoms with E-state index in [1.165, 1.54) is 0 Å². The van der Waals surface area contributed by atoms with Crippen molar-refractivity contribution in [1.82, 2.24) is 0 Å². The molecule has 108 valence electrons. The third-order valence-corrected chi connectivity index (χ3v) is 4.44. The lowest BCUT2D eigenvalue weighted by Crippen LogP contribution is -2.20. The fraction of sp³-hybridized carbons (Fsp3) is 0.188. The second-order valence-electron chi connectivity index (χ2n) is 5.02. The van der Waals surface area contributed by atoms with Crippen LogP contribution in [0.1, 0.15) is 21.5 Å². The van der Waals surface area contributed by atoms with Crippen LogP contribution in [0.2, 0.25) is 10.0 Å². The summed E-state index contributed by atoms with van der Waals surface area (Å²) in [7, 11) is 0. The minimum atomic E-state index is -0.898. The second kappa shape index (κ2) is 5.58. The molecule has 2 aromatic carbocycles. The number of benzene rings is 2. The van der Waals surface area contributed by atoms with Crippen molar-refractivity contribution in [1.29, 1.82) is 0 Å². The minimum Gasteiger partial charge on any atom is -0.478 e. The van der Waals surface area contributed by atoms with Gasteiger partial charge in [-0.2, -0.15) is 0 Å². The number of carboxylic acids is 1. The average molecular weight is 322 g/mol. The van der Waals surface area contributed by atoms with E-state index in [1.54, 1.807) is 12.1 Å². The molecule has 0 atom stereocenters. The van der Waals surface area contributed by atoms with Crippen LogP contribution in [-0.4, -0.2) is 17.6 Å². The number of fused-ring (bicyclic) bond motifs is 1. The van der Waals surface area contributed by atoms with Crippen LogP contribution in [0, 0.1) is 0 Å². The van der Waals surface area contributed by atoms with Crippen LogP contribution in [0.5, 0.6) is 0 Å². The Morgan fingerprint density at radius 3 is 2.57 bits per heavy atom. The highest BCUT2D eigenvalue weighted by Gasteiger charge is 2.22. The highest BCUT2D eigenvalue weighted by Crippen LogP contribution is 2.33.